The molecule has 4 nitrogen and oxygen atoms in total. The zero-order valence-electron chi connectivity index (χ0n) is 13.1. The van der Waals surface area contributed by atoms with E-state index in [1.165, 1.54) is 12.0 Å². The number of benzene rings is 1. The van der Waals surface area contributed by atoms with Gasteiger partial charge in [-0.1, -0.05) is 30.2 Å². The summed E-state index contributed by atoms with van der Waals surface area (Å²) < 4.78 is 5.30. The van der Waals surface area contributed by atoms with E-state index in [-0.39, 0.29) is 23.7 Å². The van der Waals surface area contributed by atoms with Gasteiger partial charge < -0.3 is 15.8 Å². The minimum atomic E-state index is -0.775. The Bertz CT molecular complexity index is 538. The van der Waals surface area contributed by atoms with Crippen LogP contribution in [0.3, 0.4) is 0 Å². The number of hydrogen-bond donors (Lipinski definition) is 2. The van der Waals surface area contributed by atoms with Gasteiger partial charge in [-0.3, -0.25) is 4.79 Å². The molecule has 1 aromatic rings. The Morgan fingerprint density at radius 1 is 1.17 bits per heavy atom. The maximum absolute atomic E-state index is 12.5. The third-order valence-corrected chi connectivity index (χ3v) is 5.44. The minimum absolute atomic E-state index is 0. The van der Waals surface area contributed by atoms with E-state index < -0.39 is 5.54 Å². The summed E-state index contributed by atoms with van der Waals surface area (Å²) in [6.07, 6.45) is 4.56. The van der Waals surface area contributed by atoms with E-state index in [2.05, 4.69) is 17.4 Å². The number of carbonyl (C=O) groups excluding carboxylic acids is 1. The molecule has 1 aliphatic carbocycles. The van der Waals surface area contributed by atoms with Crippen molar-refractivity contribution in [3.8, 4) is 0 Å². The van der Waals surface area contributed by atoms with Crippen LogP contribution in [0.4, 0.5) is 0 Å². The monoisotopic (exact) mass is 358 g/mol. The average molecular weight is 359 g/mol. The number of halogens is 2. The van der Waals surface area contributed by atoms with Crippen molar-refractivity contribution in [1.82, 2.24) is 5.32 Å². The summed E-state index contributed by atoms with van der Waals surface area (Å²) in [5.41, 5.74) is 6.76. The van der Waals surface area contributed by atoms with Gasteiger partial charge in [0.25, 0.3) is 0 Å². The highest BCUT2D eigenvalue weighted by Gasteiger charge is 2.41. The van der Waals surface area contributed by atoms with Gasteiger partial charge >= 0.3 is 0 Å². The van der Waals surface area contributed by atoms with E-state index in [4.69, 9.17) is 22.1 Å². The standard InChI is InChI=1S/C17H23ClN2O2.ClH/c18-14-4-2-13(3-5-14)16(6-1-7-16)12-20-15(21)17(19)8-10-22-11-9-17;/h2-5H,1,6-12,19H2,(H,20,21);1H. The summed E-state index contributed by atoms with van der Waals surface area (Å²) in [6, 6.07) is 7.98. The predicted octanol–water partition coefficient (Wildman–Crippen LogP) is 2.81. The molecule has 3 N–H and O–H groups in total. The van der Waals surface area contributed by atoms with Crippen molar-refractivity contribution in [3.05, 3.63) is 34.9 Å². The first kappa shape index (κ1) is 18.5. The van der Waals surface area contributed by atoms with E-state index in [1.54, 1.807) is 0 Å². The van der Waals surface area contributed by atoms with Crippen molar-refractivity contribution in [2.24, 2.45) is 5.73 Å². The zero-order valence-corrected chi connectivity index (χ0v) is 14.7. The van der Waals surface area contributed by atoms with Crippen LogP contribution in [0, 0.1) is 0 Å². The molecule has 1 heterocycles. The van der Waals surface area contributed by atoms with Gasteiger partial charge in [0.1, 0.15) is 0 Å². The Kier molecular flexibility index (Phi) is 5.95. The second-order valence-corrected chi connectivity index (χ2v) is 7.03. The number of amides is 1. The van der Waals surface area contributed by atoms with E-state index in [0.717, 1.165) is 17.9 Å². The summed E-state index contributed by atoms with van der Waals surface area (Å²) in [7, 11) is 0. The summed E-state index contributed by atoms with van der Waals surface area (Å²) in [6.45, 7) is 1.77. The van der Waals surface area contributed by atoms with Gasteiger partial charge in [0.15, 0.2) is 0 Å². The Morgan fingerprint density at radius 2 is 1.78 bits per heavy atom. The van der Waals surface area contributed by atoms with Gasteiger partial charge in [-0.25, -0.2) is 0 Å². The van der Waals surface area contributed by atoms with Crippen LogP contribution in [-0.4, -0.2) is 31.2 Å². The lowest BCUT2D eigenvalue weighted by Gasteiger charge is -2.43. The summed E-state index contributed by atoms with van der Waals surface area (Å²) in [4.78, 5) is 12.5. The lowest BCUT2D eigenvalue weighted by atomic mass is 9.64. The molecule has 1 amide bonds. The number of hydrogen-bond acceptors (Lipinski definition) is 3. The van der Waals surface area contributed by atoms with Crippen molar-refractivity contribution in [2.45, 2.75) is 43.1 Å². The Morgan fingerprint density at radius 3 is 2.30 bits per heavy atom. The maximum atomic E-state index is 12.5. The lowest BCUT2D eigenvalue weighted by Crippen LogP contribution is -2.59. The van der Waals surface area contributed by atoms with Gasteiger partial charge in [-0.15, -0.1) is 12.4 Å². The largest absolute Gasteiger partial charge is 0.381 e. The molecule has 3 rings (SSSR count). The fraction of sp³-hybridized carbons (Fsp3) is 0.588. The van der Waals surface area contributed by atoms with Crippen molar-refractivity contribution >= 4 is 29.9 Å². The zero-order chi connectivity index (χ0) is 15.6. The van der Waals surface area contributed by atoms with Crippen LogP contribution >= 0.6 is 24.0 Å². The molecule has 0 bridgehead atoms. The molecule has 1 saturated heterocycles. The first-order valence-corrected chi connectivity index (χ1v) is 8.33. The maximum Gasteiger partial charge on any atom is 0.240 e. The Labute approximate surface area is 148 Å². The fourth-order valence-electron chi connectivity index (χ4n) is 3.36. The van der Waals surface area contributed by atoms with Gasteiger partial charge in [0.05, 0.1) is 5.54 Å². The van der Waals surface area contributed by atoms with E-state index >= 15 is 0 Å². The van der Waals surface area contributed by atoms with Gasteiger partial charge in [0.2, 0.25) is 5.91 Å². The summed E-state index contributed by atoms with van der Waals surface area (Å²) in [5, 5.41) is 3.84. The van der Waals surface area contributed by atoms with Crippen molar-refractivity contribution < 1.29 is 9.53 Å². The summed E-state index contributed by atoms with van der Waals surface area (Å²) in [5.74, 6) is -0.0453. The highest BCUT2D eigenvalue weighted by molar-refractivity contribution is 6.30. The number of ether oxygens (including phenoxy) is 1. The molecule has 23 heavy (non-hydrogen) atoms. The molecule has 1 aliphatic heterocycles. The van der Waals surface area contributed by atoms with Crippen LogP contribution in [0.1, 0.15) is 37.7 Å². The fourth-order valence-corrected chi connectivity index (χ4v) is 3.49. The Balaban J connectivity index is 0.00000192. The predicted molar refractivity (Wildman–Crippen MR) is 94.2 cm³/mol. The molecule has 128 valence electrons. The number of rotatable bonds is 4. The normalized spacial score (nSPS) is 21.7. The molecule has 0 spiro atoms. The molecule has 0 unspecified atom stereocenters. The van der Waals surface area contributed by atoms with E-state index in [0.29, 0.717) is 32.6 Å². The summed E-state index contributed by atoms with van der Waals surface area (Å²) >= 11 is 5.97. The lowest BCUT2D eigenvalue weighted by molar-refractivity contribution is -0.130. The number of carbonyl (C=O) groups is 1. The second kappa shape index (κ2) is 7.39. The molecular weight excluding hydrogens is 335 g/mol. The highest BCUT2D eigenvalue weighted by atomic mass is 35.5. The number of nitrogens with two attached hydrogens (primary N) is 1. The molecule has 2 fully saturated rings. The molecule has 0 radical (unpaired) electrons. The van der Waals surface area contributed by atoms with E-state index in [1.807, 2.05) is 12.1 Å². The molecule has 6 heteroatoms. The van der Waals surface area contributed by atoms with Gasteiger partial charge in [-0.2, -0.15) is 0 Å². The van der Waals surface area contributed by atoms with Crippen molar-refractivity contribution in [1.29, 1.82) is 0 Å². The second-order valence-electron chi connectivity index (χ2n) is 6.59. The third kappa shape index (κ3) is 3.82. The number of nitrogens with one attached hydrogen (secondary N) is 1. The van der Waals surface area contributed by atoms with Crippen LogP contribution in [0.15, 0.2) is 24.3 Å². The molecular formula is C17H24Cl2N2O2. The van der Waals surface area contributed by atoms with Gasteiger partial charge in [0, 0.05) is 30.2 Å². The molecule has 0 atom stereocenters. The highest BCUT2D eigenvalue weighted by Crippen LogP contribution is 2.43. The molecule has 2 aliphatic rings. The molecule has 1 saturated carbocycles. The SMILES string of the molecule is Cl.NC1(C(=O)NCC2(c3ccc(Cl)cc3)CCC2)CCOCC1. The topological polar surface area (TPSA) is 64.4 Å². The van der Waals surface area contributed by atoms with Crippen molar-refractivity contribution in [2.75, 3.05) is 19.8 Å². The first-order chi connectivity index (χ1) is 10.5. The van der Waals surface area contributed by atoms with Crippen molar-refractivity contribution in [3.63, 3.8) is 0 Å². The Hall–Kier alpha value is -0.810. The van der Waals surface area contributed by atoms with Gasteiger partial charge in [-0.05, 0) is 43.4 Å². The van der Waals surface area contributed by atoms with Crippen LogP contribution in [-0.2, 0) is 14.9 Å². The van der Waals surface area contributed by atoms with Crippen LogP contribution in [0.25, 0.3) is 0 Å². The van der Waals surface area contributed by atoms with Crippen LogP contribution < -0.4 is 11.1 Å². The molecule has 0 aromatic heterocycles. The smallest absolute Gasteiger partial charge is 0.240 e. The third-order valence-electron chi connectivity index (χ3n) is 5.19. The van der Waals surface area contributed by atoms with Crippen LogP contribution in [0.2, 0.25) is 5.02 Å². The average Bonchev–Trinajstić information content (AvgIpc) is 2.48. The molecule has 1 aromatic carbocycles. The van der Waals surface area contributed by atoms with Crippen LogP contribution in [0.5, 0.6) is 0 Å². The quantitative estimate of drug-likeness (QED) is 0.869. The first-order valence-electron chi connectivity index (χ1n) is 7.95. The minimum Gasteiger partial charge on any atom is -0.381 e. The van der Waals surface area contributed by atoms with E-state index in [9.17, 15) is 4.79 Å².